The zero-order valence-electron chi connectivity index (χ0n) is 20.0. The summed E-state index contributed by atoms with van der Waals surface area (Å²) in [7, 11) is -3.57. The number of carbonyl (C=O) groups is 1. The van der Waals surface area contributed by atoms with Gasteiger partial charge < -0.3 is 9.47 Å². The normalized spacial score (nSPS) is 15.0. The van der Waals surface area contributed by atoms with E-state index >= 15 is 0 Å². The first-order chi connectivity index (χ1) is 16.8. The van der Waals surface area contributed by atoms with Gasteiger partial charge in [-0.25, -0.2) is 8.42 Å². The molecule has 0 aliphatic carbocycles. The van der Waals surface area contributed by atoms with Gasteiger partial charge in [-0.2, -0.15) is 4.31 Å². The summed E-state index contributed by atoms with van der Waals surface area (Å²) in [5, 5.41) is 0. The number of esters is 1. The van der Waals surface area contributed by atoms with Gasteiger partial charge in [-0.15, -0.1) is 0 Å². The molecule has 0 N–H and O–H groups in total. The molecule has 8 heteroatoms. The molecule has 0 bridgehead atoms. The first-order valence-corrected chi connectivity index (χ1v) is 13.1. The number of hydrogen-bond acceptors (Lipinski definition) is 6. The van der Waals surface area contributed by atoms with Crippen molar-refractivity contribution in [1.29, 1.82) is 0 Å². The Labute approximate surface area is 206 Å². The van der Waals surface area contributed by atoms with Crippen LogP contribution in [0, 0.1) is 19.8 Å². The van der Waals surface area contributed by atoms with E-state index in [-0.39, 0.29) is 18.5 Å². The Kier molecular flexibility index (Phi) is 7.83. The molecule has 1 fully saturated rings. The van der Waals surface area contributed by atoms with Crippen molar-refractivity contribution in [2.75, 3.05) is 13.1 Å². The lowest BCUT2D eigenvalue weighted by Crippen LogP contribution is -2.40. The lowest BCUT2D eigenvalue weighted by atomic mass is 9.98. The number of rotatable bonds is 8. The quantitative estimate of drug-likeness (QED) is 0.431. The second-order valence-corrected chi connectivity index (χ2v) is 10.7. The summed E-state index contributed by atoms with van der Waals surface area (Å²) in [4.78, 5) is 17.1. The molecule has 3 aromatic rings. The lowest BCUT2D eigenvalue weighted by Gasteiger charge is -2.30. The molecule has 0 unspecified atom stereocenters. The van der Waals surface area contributed by atoms with Gasteiger partial charge in [0.1, 0.15) is 19.0 Å². The predicted molar refractivity (Wildman–Crippen MR) is 132 cm³/mol. The average molecular weight is 495 g/mol. The van der Waals surface area contributed by atoms with Crippen LogP contribution in [0.3, 0.4) is 0 Å². The number of hydrogen-bond donors (Lipinski definition) is 0. The molecule has 1 aliphatic rings. The molecular weight excluding hydrogens is 464 g/mol. The molecule has 35 heavy (non-hydrogen) atoms. The molecular formula is C27H30N2O5S. The van der Waals surface area contributed by atoms with Crippen LogP contribution in [0.1, 0.15) is 35.2 Å². The topological polar surface area (TPSA) is 85.8 Å². The van der Waals surface area contributed by atoms with E-state index < -0.39 is 10.0 Å². The van der Waals surface area contributed by atoms with Gasteiger partial charge in [0, 0.05) is 19.3 Å². The van der Waals surface area contributed by atoms with Crippen LogP contribution in [0.2, 0.25) is 0 Å². The van der Waals surface area contributed by atoms with Gasteiger partial charge >= 0.3 is 5.97 Å². The van der Waals surface area contributed by atoms with Crippen LogP contribution in [-0.4, -0.2) is 36.8 Å². The third-order valence-corrected chi connectivity index (χ3v) is 8.22. The van der Waals surface area contributed by atoms with Crippen LogP contribution in [0.5, 0.6) is 5.75 Å². The molecule has 7 nitrogen and oxygen atoms in total. The monoisotopic (exact) mass is 494 g/mol. The first-order valence-electron chi connectivity index (χ1n) is 11.7. The summed E-state index contributed by atoms with van der Waals surface area (Å²) in [5.41, 5.74) is 3.70. The number of pyridine rings is 1. The summed E-state index contributed by atoms with van der Waals surface area (Å²) in [6.07, 6.45) is 2.62. The Bertz CT molecular complexity index is 1250. The minimum absolute atomic E-state index is 0.167. The second-order valence-electron chi connectivity index (χ2n) is 8.79. The molecule has 2 aromatic carbocycles. The van der Waals surface area contributed by atoms with Crippen LogP contribution in [0.15, 0.2) is 71.8 Å². The van der Waals surface area contributed by atoms with Gasteiger partial charge in [-0.05, 0) is 79.8 Å². The van der Waals surface area contributed by atoms with Crippen molar-refractivity contribution in [1.82, 2.24) is 9.29 Å². The number of benzene rings is 2. The highest BCUT2D eigenvalue weighted by molar-refractivity contribution is 7.89. The summed E-state index contributed by atoms with van der Waals surface area (Å²) in [6, 6.07) is 18.2. The molecule has 2 heterocycles. The SMILES string of the molecule is Cc1ccc(S(=O)(=O)N2CCC(C(=O)OCc3ccc(OCc4ccccn4)cc3)CC2)cc1C. The van der Waals surface area contributed by atoms with Crippen molar-refractivity contribution < 1.29 is 22.7 Å². The average Bonchev–Trinajstić information content (AvgIpc) is 2.89. The predicted octanol–water partition coefficient (Wildman–Crippen LogP) is 4.42. The van der Waals surface area contributed by atoms with E-state index in [9.17, 15) is 13.2 Å². The van der Waals surface area contributed by atoms with Crippen LogP contribution in [-0.2, 0) is 32.8 Å². The summed E-state index contributed by atoms with van der Waals surface area (Å²) >= 11 is 0. The van der Waals surface area contributed by atoms with Gasteiger partial charge in [0.05, 0.1) is 16.5 Å². The van der Waals surface area contributed by atoms with E-state index in [2.05, 4.69) is 4.98 Å². The molecule has 0 atom stereocenters. The number of piperidine rings is 1. The Morgan fingerprint density at radius 3 is 2.37 bits per heavy atom. The second kappa shape index (κ2) is 11.0. The van der Waals surface area contributed by atoms with E-state index in [4.69, 9.17) is 9.47 Å². The smallest absolute Gasteiger partial charge is 0.309 e. The summed E-state index contributed by atoms with van der Waals surface area (Å²) in [5.74, 6) is 0.119. The molecule has 0 radical (unpaired) electrons. The molecule has 1 aliphatic heterocycles. The van der Waals surface area contributed by atoms with Crippen LogP contribution < -0.4 is 4.74 Å². The van der Waals surface area contributed by atoms with E-state index in [1.165, 1.54) is 4.31 Å². The van der Waals surface area contributed by atoms with Crippen LogP contribution >= 0.6 is 0 Å². The van der Waals surface area contributed by atoms with Gasteiger partial charge in [0.25, 0.3) is 0 Å². The third kappa shape index (κ3) is 6.26. The molecule has 0 spiro atoms. The molecule has 184 valence electrons. The fraction of sp³-hybridized carbons (Fsp3) is 0.333. The standard InChI is InChI=1S/C27H30N2O5S/c1-20-6-11-26(17-21(20)2)35(31,32)29-15-12-23(13-16-29)27(30)34-18-22-7-9-25(10-8-22)33-19-24-5-3-4-14-28-24/h3-11,14,17,23H,12-13,15-16,18-19H2,1-2H3. The molecule has 0 amide bonds. The Balaban J connectivity index is 1.24. The van der Waals surface area contributed by atoms with Crippen molar-refractivity contribution in [3.63, 3.8) is 0 Å². The number of nitrogens with zero attached hydrogens (tertiary/aromatic N) is 2. The van der Waals surface area contributed by atoms with Crippen molar-refractivity contribution in [3.8, 4) is 5.75 Å². The van der Waals surface area contributed by atoms with E-state index in [0.717, 1.165) is 22.4 Å². The number of aryl methyl sites for hydroxylation is 2. The van der Waals surface area contributed by atoms with Gasteiger partial charge in [0.15, 0.2) is 0 Å². The lowest BCUT2D eigenvalue weighted by molar-refractivity contribution is -0.151. The highest BCUT2D eigenvalue weighted by atomic mass is 32.2. The van der Waals surface area contributed by atoms with Gasteiger partial charge in [-0.1, -0.05) is 24.3 Å². The maximum Gasteiger partial charge on any atom is 0.309 e. The fourth-order valence-corrected chi connectivity index (χ4v) is 5.51. The number of sulfonamides is 1. The van der Waals surface area contributed by atoms with Crippen molar-refractivity contribution >= 4 is 16.0 Å². The zero-order chi connectivity index (χ0) is 24.8. The molecule has 0 saturated carbocycles. The fourth-order valence-electron chi connectivity index (χ4n) is 3.95. The van der Waals surface area contributed by atoms with Crippen LogP contribution in [0.4, 0.5) is 0 Å². The third-order valence-electron chi connectivity index (χ3n) is 6.32. The number of aromatic nitrogens is 1. The summed E-state index contributed by atoms with van der Waals surface area (Å²) < 4.78 is 38.7. The summed E-state index contributed by atoms with van der Waals surface area (Å²) in [6.45, 7) is 5.01. The Hall–Kier alpha value is -3.23. The largest absolute Gasteiger partial charge is 0.487 e. The van der Waals surface area contributed by atoms with E-state index in [0.29, 0.717) is 43.2 Å². The maximum atomic E-state index is 13.0. The zero-order valence-corrected chi connectivity index (χ0v) is 20.8. The van der Waals surface area contributed by atoms with Crippen molar-refractivity contribution in [3.05, 3.63) is 89.2 Å². The highest BCUT2D eigenvalue weighted by Gasteiger charge is 2.33. The number of ether oxygens (including phenoxy) is 2. The van der Waals surface area contributed by atoms with Crippen molar-refractivity contribution in [2.45, 2.75) is 44.8 Å². The molecule has 1 saturated heterocycles. The van der Waals surface area contributed by atoms with E-state index in [1.807, 2.05) is 62.4 Å². The van der Waals surface area contributed by atoms with Crippen LogP contribution in [0.25, 0.3) is 0 Å². The molecule has 1 aromatic heterocycles. The first kappa shape index (κ1) is 24.9. The van der Waals surface area contributed by atoms with Crippen molar-refractivity contribution in [2.24, 2.45) is 5.92 Å². The highest BCUT2D eigenvalue weighted by Crippen LogP contribution is 2.26. The Morgan fingerprint density at radius 2 is 1.71 bits per heavy atom. The van der Waals surface area contributed by atoms with E-state index in [1.54, 1.807) is 18.3 Å². The minimum Gasteiger partial charge on any atom is -0.487 e. The van der Waals surface area contributed by atoms with Gasteiger partial charge in [0.2, 0.25) is 10.0 Å². The Morgan fingerprint density at radius 1 is 0.971 bits per heavy atom. The van der Waals surface area contributed by atoms with Gasteiger partial charge in [-0.3, -0.25) is 9.78 Å². The number of carbonyl (C=O) groups excluding carboxylic acids is 1. The molecule has 4 rings (SSSR count). The maximum absolute atomic E-state index is 13.0. The minimum atomic E-state index is -3.57.